The molecule has 0 saturated carbocycles. The number of nitro groups is 1. The summed E-state index contributed by atoms with van der Waals surface area (Å²) in [4.78, 5) is 9.94. The number of hydrogen-bond donors (Lipinski definition) is 0. The first-order valence-electron chi connectivity index (χ1n) is 4.41. The summed E-state index contributed by atoms with van der Waals surface area (Å²) < 4.78 is 21.7. The van der Waals surface area contributed by atoms with Gasteiger partial charge in [0.1, 0.15) is 5.01 Å². The van der Waals surface area contributed by atoms with E-state index in [2.05, 4.69) is 10.2 Å². The minimum absolute atomic E-state index is 0.0616. The molecule has 0 aliphatic carbocycles. The smallest absolute Gasteiger partial charge is 0.258 e. The van der Waals surface area contributed by atoms with Gasteiger partial charge >= 0.3 is 0 Å². The molecule has 0 bridgehead atoms. The summed E-state index contributed by atoms with van der Waals surface area (Å²) in [6, 6.07) is 5.52. The Labute approximate surface area is 110 Å². The lowest BCUT2D eigenvalue weighted by Crippen LogP contribution is -1.88. The van der Waals surface area contributed by atoms with Gasteiger partial charge in [-0.2, -0.15) is 0 Å². The highest BCUT2D eigenvalue weighted by Crippen LogP contribution is 2.28. The van der Waals surface area contributed by atoms with Gasteiger partial charge in [0.15, 0.2) is 0 Å². The zero-order valence-electron chi connectivity index (χ0n) is 8.48. The molecule has 94 valence electrons. The van der Waals surface area contributed by atoms with Gasteiger partial charge in [0.25, 0.3) is 14.7 Å². The normalized spacial score (nSPS) is 11.4. The topological polar surface area (TPSA) is 103 Å². The maximum Gasteiger partial charge on any atom is 0.290 e. The zero-order valence-corrected chi connectivity index (χ0v) is 10.9. The van der Waals surface area contributed by atoms with E-state index in [4.69, 9.17) is 10.7 Å². The van der Waals surface area contributed by atoms with Gasteiger partial charge in [-0.15, -0.1) is 10.2 Å². The van der Waals surface area contributed by atoms with E-state index in [-0.39, 0.29) is 10.0 Å². The summed E-state index contributed by atoms with van der Waals surface area (Å²) in [7, 11) is 1.21. The number of halogens is 1. The molecule has 2 rings (SSSR count). The molecule has 1 aromatic heterocycles. The second-order valence-electron chi connectivity index (χ2n) is 3.11. The Kier molecular flexibility index (Phi) is 3.28. The predicted octanol–water partition coefficient (Wildman–Crippen LogP) is 2.04. The van der Waals surface area contributed by atoms with Crippen LogP contribution in [0.5, 0.6) is 0 Å². The van der Waals surface area contributed by atoms with Crippen LogP contribution in [0.15, 0.2) is 28.6 Å². The van der Waals surface area contributed by atoms with Crippen LogP contribution in [0.2, 0.25) is 0 Å². The molecule has 1 heterocycles. The second kappa shape index (κ2) is 4.59. The molecule has 0 fully saturated rings. The van der Waals surface area contributed by atoms with Crippen molar-refractivity contribution in [1.29, 1.82) is 0 Å². The monoisotopic (exact) mass is 305 g/mol. The molecule has 0 unspecified atom stereocenters. The van der Waals surface area contributed by atoms with Crippen molar-refractivity contribution in [3.63, 3.8) is 0 Å². The van der Waals surface area contributed by atoms with E-state index < -0.39 is 14.0 Å². The van der Waals surface area contributed by atoms with Crippen molar-refractivity contribution in [1.82, 2.24) is 10.2 Å². The van der Waals surface area contributed by atoms with Gasteiger partial charge < -0.3 is 0 Å². The molecule has 1 aromatic carbocycles. The van der Waals surface area contributed by atoms with Gasteiger partial charge in [-0.25, -0.2) is 8.42 Å². The zero-order chi connectivity index (χ0) is 13.3. The van der Waals surface area contributed by atoms with Crippen LogP contribution in [-0.2, 0) is 9.05 Å². The van der Waals surface area contributed by atoms with Crippen molar-refractivity contribution in [3.05, 3.63) is 34.4 Å². The van der Waals surface area contributed by atoms with Gasteiger partial charge in [-0.05, 0) is 12.1 Å². The maximum atomic E-state index is 11.0. The molecule has 7 nitrogen and oxygen atoms in total. The Morgan fingerprint density at radius 3 is 2.28 bits per heavy atom. The van der Waals surface area contributed by atoms with Crippen LogP contribution in [0.25, 0.3) is 10.6 Å². The van der Waals surface area contributed by atoms with Crippen molar-refractivity contribution in [2.75, 3.05) is 0 Å². The van der Waals surface area contributed by atoms with Crippen molar-refractivity contribution < 1.29 is 13.3 Å². The predicted molar refractivity (Wildman–Crippen MR) is 65.0 cm³/mol. The molecule has 10 heteroatoms. The number of benzene rings is 1. The molecule has 0 aliphatic rings. The summed E-state index contributed by atoms with van der Waals surface area (Å²) in [5.41, 5.74) is 0.470. The SMILES string of the molecule is O=[N+]([O-])c1ccc(-c2nnc(S(=O)(=O)Cl)s2)cc1. The highest BCUT2D eigenvalue weighted by molar-refractivity contribution is 8.15. The van der Waals surface area contributed by atoms with E-state index in [0.717, 1.165) is 11.3 Å². The first kappa shape index (κ1) is 12.9. The third-order valence-electron chi connectivity index (χ3n) is 1.94. The third kappa shape index (κ3) is 2.63. The number of non-ortho nitro benzene ring substituents is 1. The molecule has 0 radical (unpaired) electrons. The quantitative estimate of drug-likeness (QED) is 0.488. The Hall–Kier alpha value is -1.58. The number of nitrogens with zero attached hydrogens (tertiary/aromatic N) is 3. The summed E-state index contributed by atoms with van der Waals surface area (Å²) in [5, 5.41) is 17.9. The Bertz CT molecular complexity index is 695. The van der Waals surface area contributed by atoms with Crippen LogP contribution in [0, 0.1) is 10.1 Å². The number of hydrogen-bond acceptors (Lipinski definition) is 7. The van der Waals surface area contributed by atoms with Crippen LogP contribution < -0.4 is 0 Å². The Balaban J connectivity index is 2.38. The fourth-order valence-corrected chi connectivity index (χ4v) is 2.88. The van der Waals surface area contributed by atoms with Crippen LogP contribution in [-0.4, -0.2) is 23.5 Å². The van der Waals surface area contributed by atoms with Gasteiger partial charge in [-0.3, -0.25) is 10.1 Å². The van der Waals surface area contributed by atoms with Crippen molar-refractivity contribution in [2.24, 2.45) is 0 Å². The second-order valence-corrected chi connectivity index (χ2v) is 6.83. The van der Waals surface area contributed by atoms with Crippen molar-refractivity contribution in [3.8, 4) is 10.6 Å². The molecule has 0 spiro atoms. The molecule has 0 N–H and O–H groups in total. The van der Waals surface area contributed by atoms with Gasteiger partial charge in [0.05, 0.1) is 4.92 Å². The molecule has 0 saturated heterocycles. The number of rotatable bonds is 3. The van der Waals surface area contributed by atoms with E-state index in [0.29, 0.717) is 10.6 Å². The standard InChI is InChI=1S/C8H4ClN3O4S2/c9-18(15,16)8-11-10-7(17-8)5-1-3-6(4-2-5)12(13)14/h1-4H. The van der Waals surface area contributed by atoms with Crippen LogP contribution in [0.3, 0.4) is 0 Å². The fraction of sp³-hybridized carbons (Fsp3) is 0. The largest absolute Gasteiger partial charge is 0.290 e. The van der Waals surface area contributed by atoms with E-state index in [9.17, 15) is 18.5 Å². The van der Waals surface area contributed by atoms with E-state index in [1.807, 2.05) is 0 Å². The highest BCUT2D eigenvalue weighted by atomic mass is 35.7. The molecular formula is C8H4ClN3O4S2. The first-order valence-corrected chi connectivity index (χ1v) is 7.53. The van der Waals surface area contributed by atoms with Gasteiger partial charge in [0.2, 0.25) is 4.34 Å². The van der Waals surface area contributed by atoms with E-state index in [1.54, 1.807) is 0 Å². The van der Waals surface area contributed by atoms with E-state index >= 15 is 0 Å². The molecule has 18 heavy (non-hydrogen) atoms. The molecule has 0 atom stereocenters. The first-order chi connectivity index (χ1) is 8.38. The summed E-state index contributed by atoms with van der Waals surface area (Å²) in [6.07, 6.45) is 0. The maximum absolute atomic E-state index is 11.0. The fourth-order valence-electron chi connectivity index (χ4n) is 1.15. The van der Waals surface area contributed by atoms with Gasteiger partial charge in [0, 0.05) is 28.4 Å². The molecule has 0 amide bonds. The van der Waals surface area contributed by atoms with Crippen LogP contribution >= 0.6 is 22.0 Å². The highest BCUT2D eigenvalue weighted by Gasteiger charge is 2.18. The molecular weight excluding hydrogens is 302 g/mol. The minimum atomic E-state index is -3.90. The third-order valence-corrected chi connectivity index (χ3v) is 4.83. The summed E-state index contributed by atoms with van der Waals surface area (Å²) in [6.45, 7) is 0. The lowest BCUT2D eigenvalue weighted by atomic mass is 10.2. The van der Waals surface area contributed by atoms with Crippen LogP contribution in [0.1, 0.15) is 0 Å². The average Bonchev–Trinajstić information content (AvgIpc) is 2.78. The Morgan fingerprint density at radius 2 is 1.83 bits per heavy atom. The molecule has 2 aromatic rings. The van der Waals surface area contributed by atoms with Gasteiger partial charge in [-0.1, -0.05) is 11.3 Å². The van der Waals surface area contributed by atoms with Crippen molar-refractivity contribution >= 4 is 36.8 Å². The van der Waals surface area contributed by atoms with Crippen LogP contribution in [0.4, 0.5) is 5.69 Å². The Morgan fingerprint density at radius 1 is 1.22 bits per heavy atom. The minimum Gasteiger partial charge on any atom is -0.258 e. The average molecular weight is 306 g/mol. The summed E-state index contributed by atoms with van der Waals surface area (Å²) >= 11 is 0.795. The molecule has 0 aliphatic heterocycles. The van der Waals surface area contributed by atoms with Crippen molar-refractivity contribution in [2.45, 2.75) is 4.34 Å². The lowest BCUT2D eigenvalue weighted by Gasteiger charge is -1.94. The summed E-state index contributed by atoms with van der Waals surface area (Å²) in [5.74, 6) is 0. The number of nitro benzene ring substituents is 1. The van der Waals surface area contributed by atoms with E-state index in [1.165, 1.54) is 24.3 Å². The lowest BCUT2D eigenvalue weighted by molar-refractivity contribution is -0.384. The number of aromatic nitrogens is 2.